The van der Waals surface area contributed by atoms with Crippen molar-refractivity contribution < 1.29 is 14.2 Å². The molecule has 0 spiro atoms. The summed E-state index contributed by atoms with van der Waals surface area (Å²) in [6.07, 6.45) is 4.61. The zero-order valence-corrected chi connectivity index (χ0v) is 17.2. The fourth-order valence-electron chi connectivity index (χ4n) is 3.57. The first-order chi connectivity index (χ1) is 13.7. The molecule has 0 aromatic carbocycles. The number of nitrogens with zero attached hydrogens (tertiary/aromatic N) is 4. The van der Waals surface area contributed by atoms with E-state index >= 15 is 0 Å². The molecule has 0 saturated heterocycles. The van der Waals surface area contributed by atoms with Crippen LogP contribution in [-0.2, 0) is 11.2 Å². The van der Waals surface area contributed by atoms with E-state index < -0.39 is 0 Å². The fraction of sp³-hybridized carbons (Fsp3) is 0.476. The molecule has 3 aromatic heterocycles. The van der Waals surface area contributed by atoms with Crippen molar-refractivity contribution in [3.05, 3.63) is 30.2 Å². The van der Waals surface area contributed by atoms with Gasteiger partial charge in [-0.3, -0.25) is 4.98 Å². The maximum atomic E-state index is 5.49. The minimum atomic E-state index is 0.325. The highest BCUT2D eigenvalue weighted by molar-refractivity contribution is 5.91. The van der Waals surface area contributed by atoms with E-state index in [1.807, 2.05) is 24.4 Å². The SMILES string of the molecule is CCc1nc2c(-c3ccc(OC)nc3OC)nccc2n1C(CC)CCOC. The van der Waals surface area contributed by atoms with Crippen molar-refractivity contribution >= 4 is 11.0 Å². The Labute approximate surface area is 165 Å². The average Bonchev–Trinajstić information content (AvgIpc) is 3.12. The van der Waals surface area contributed by atoms with Crippen LogP contribution in [0.25, 0.3) is 22.3 Å². The second-order valence-corrected chi connectivity index (χ2v) is 6.53. The van der Waals surface area contributed by atoms with Crippen molar-refractivity contribution in [3.8, 4) is 23.0 Å². The Balaban J connectivity index is 2.19. The summed E-state index contributed by atoms with van der Waals surface area (Å²) in [5.41, 5.74) is 3.49. The molecule has 0 amide bonds. The fourth-order valence-corrected chi connectivity index (χ4v) is 3.57. The lowest BCUT2D eigenvalue weighted by atomic mass is 10.1. The first kappa shape index (κ1) is 20.1. The largest absolute Gasteiger partial charge is 0.481 e. The van der Waals surface area contributed by atoms with Gasteiger partial charge in [0, 0.05) is 38.4 Å². The molecular formula is C21H28N4O3. The molecule has 3 rings (SSSR count). The van der Waals surface area contributed by atoms with Crippen molar-refractivity contribution in [2.24, 2.45) is 0 Å². The molecule has 150 valence electrons. The third-order valence-corrected chi connectivity index (χ3v) is 4.98. The van der Waals surface area contributed by atoms with E-state index in [1.165, 1.54) is 0 Å². The zero-order chi connectivity index (χ0) is 20.1. The summed E-state index contributed by atoms with van der Waals surface area (Å²) in [4.78, 5) is 14.0. The maximum Gasteiger partial charge on any atom is 0.226 e. The summed E-state index contributed by atoms with van der Waals surface area (Å²) in [7, 11) is 4.92. The van der Waals surface area contributed by atoms with Crippen molar-refractivity contribution in [2.45, 2.75) is 39.2 Å². The first-order valence-electron chi connectivity index (χ1n) is 9.62. The predicted octanol–water partition coefficient (Wildman–Crippen LogP) is 4.06. The van der Waals surface area contributed by atoms with Gasteiger partial charge in [-0.1, -0.05) is 13.8 Å². The van der Waals surface area contributed by atoms with Gasteiger partial charge in [0.15, 0.2) is 0 Å². The van der Waals surface area contributed by atoms with Crippen LogP contribution in [0.1, 0.15) is 38.6 Å². The van der Waals surface area contributed by atoms with Crippen molar-refractivity contribution in [3.63, 3.8) is 0 Å². The lowest BCUT2D eigenvalue weighted by Gasteiger charge is -2.20. The van der Waals surface area contributed by atoms with E-state index in [9.17, 15) is 0 Å². The van der Waals surface area contributed by atoms with Crippen LogP contribution >= 0.6 is 0 Å². The highest BCUT2D eigenvalue weighted by Gasteiger charge is 2.21. The molecule has 3 heterocycles. The monoisotopic (exact) mass is 384 g/mol. The number of pyridine rings is 2. The summed E-state index contributed by atoms with van der Waals surface area (Å²) in [6.45, 7) is 5.04. The highest BCUT2D eigenvalue weighted by atomic mass is 16.5. The molecule has 28 heavy (non-hydrogen) atoms. The summed E-state index contributed by atoms with van der Waals surface area (Å²) >= 11 is 0. The third kappa shape index (κ3) is 3.67. The topological polar surface area (TPSA) is 71.3 Å². The summed E-state index contributed by atoms with van der Waals surface area (Å²) in [5.74, 6) is 2.02. The second-order valence-electron chi connectivity index (χ2n) is 6.53. The lowest BCUT2D eigenvalue weighted by molar-refractivity contribution is 0.177. The Morgan fingerprint density at radius 1 is 1.04 bits per heavy atom. The molecule has 0 fully saturated rings. The number of aryl methyl sites for hydroxylation is 1. The van der Waals surface area contributed by atoms with Crippen molar-refractivity contribution in [1.82, 2.24) is 19.5 Å². The van der Waals surface area contributed by atoms with Gasteiger partial charge >= 0.3 is 0 Å². The standard InChI is InChI=1S/C21H28N4O3/c1-6-14(11-13-26-3)25-16-10-12-22-19(20(16)23-17(25)7-2)15-8-9-18(27-4)24-21(15)28-5/h8-10,12,14H,6-7,11,13H2,1-5H3. The average molecular weight is 384 g/mol. The number of ether oxygens (including phenoxy) is 3. The Kier molecular flexibility index (Phi) is 6.46. The molecule has 0 aliphatic carbocycles. The van der Waals surface area contributed by atoms with Gasteiger partial charge < -0.3 is 18.8 Å². The molecule has 0 N–H and O–H groups in total. The summed E-state index contributed by atoms with van der Waals surface area (Å²) in [5, 5.41) is 0. The molecule has 1 atom stereocenters. The van der Waals surface area contributed by atoms with E-state index in [0.717, 1.165) is 54.0 Å². The van der Waals surface area contributed by atoms with Gasteiger partial charge in [-0.05, 0) is 25.0 Å². The van der Waals surface area contributed by atoms with Crippen LogP contribution in [0, 0.1) is 0 Å². The smallest absolute Gasteiger partial charge is 0.226 e. The van der Waals surface area contributed by atoms with Crippen molar-refractivity contribution in [2.75, 3.05) is 27.9 Å². The quantitative estimate of drug-likeness (QED) is 0.554. The molecule has 0 saturated carbocycles. The molecule has 1 unspecified atom stereocenters. The van der Waals surface area contributed by atoms with Gasteiger partial charge in [-0.2, -0.15) is 4.98 Å². The minimum Gasteiger partial charge on any atom is -0.481 e. The Morgan fingerprint density at radius 3 is 2.50 bits per heavy atom. The van der Waals surface area contributed by atoms with Gasteiger partial charge in [0.1, 0.15) is 17.0 Å². The molecule has 0 aliphatic heterocycles. The maximum absolute atomic E-state index is 5.49. The van der Waals surface area contributed by atoms with Crippen LogP contribution in [0.2, 0.25) is 0 Å². The first-order valence-corrected chi connectivity index (χ1v) is 9.62. The number of hydrogen-bond donors (Lipinski definition) is 0. The van der Waals surface area contributed by atoms with Crippen LogP contribution in [0.15, 0.2) is 24.4 Å². The van der Waals surface area contributed by atoms with Gasteiger partial charge in [0.25, 0.3) is 0 Å². The molecular weight excluding hydrogens is 356 g/mol. The normalized spacial score (nSPS) is 12.3. The second kappa shape index (κ2) is 9.01. The van der Waals surface area contributed by atoms with E-state index in [4.69, 9.17) is 19.2 Å². The van der Waals surface area contributed by atoms with Gasteiger partial charge in [0.05, 0.1) is 25.3 Å². The van der Waals surface area contributed by atoms with Gasteiger partial charge in [0.2, 0.25) is 11.8 Å². The van der Waals surface area contributed by atoms with Crippen LogP contribution in [0.5, 0.6) is 11.8 Å². The van der Waals surface area contributed by atoms with Crippen LogP contribution < -0.4 is 9.47 Å². The molecule has 7 nitrogen and oxygen atoms in total. The highest BCUT2D eigenvalue weighted by Crippen LogP contribution is 2.35. The summed E-state index contributed by atoms with van der Waals surface area (Å²) in [6, 6.07) is 6.08. The lowest BCUT2D eigenvalue weighted by Crippen LogP contribution is -2.13. The Hall–Kier alpha value is -2.67. The van der Waals surface area contributed by atoms with Gasteiger partial charge in [-0.15, -0.1) is 0 Å². The minimum absolute atomic E-state index is 0.325. The van der Waals surface area contributed by atoms with Gasteiger partial charge in [-0.25, -0.2) is 4.98 Å². The predicted molar refractivity (Wildman–Crippen MR) is 109 cm³/mol. The zero-order valence-electron chi connectivity index (χ0n) is 17.2. The van der Waals surface area contributed by atoms with Crippen molar-refractivity contribution in [1.29, 1.82) is 0 Å². The number of aromatic nitrogens is 4. The van der Waals surface area contributed by atoms with E-state index in [2.05, 4.69) is 28.4 Å². The number of fused-ring (bicyclic) bond motifs is 1. The Morgan fingerprint density at radius 2 is 1.86 bits per heavy atom. The van der Waals surface area contributed by atoms with Crippen LogP contribution in [0.3, 0.4) is 0 Å². The molecule has 0 aliphatic rings. The van der Waals surface area contributed by atoms with E-state index in [0.29, 0.717) is 17.8 Å². The number of imidazole rings is 1. The molecule has 0 bridgehead atoms. The number of methoxy groups -OCH3 is 3. The van der Waals surface area contributed by atoms with E-state index in [1.54, 1.807) is 21.3 Å². The summed E-state index contributed by atoms with van der Waals surface area (Å²) < 4.78 is 18.4. The number of hydrogen-bond acceptors (Lipinski definition) is 6. The number of rotatable bonds is 9. The van der Waals surface area contributed by atoms with Crippen LogP contribution in [-0.4, -0.2) is 47.5 Å². The molecule has 3 aromatic rings. The molecule has 0 radical (unpaired) electrons. The van der Waals surface area contributed by atoms with Crippen LogP contribution in [0.4, 0.5) is 0 Å². The molecule has 7 heteroatoms. The van der Waals surface area contributed by atoms with E-state index in [-0.39, 0.29) is 0 Å². The third-order valence-electron chi connectivity index (χ3n) is 4.98. The Bertz CT molecular complexity index is 939.